The van der Waals surface area contributed by atoms with E-state index in [1.54, 1.807) is 24.3 Å². The van der Waals surface area contributed by atoms with Crippen molar-refractivity contribution in [1.82, 2.24) is 9.80 Å². The zero-order chi connectivity index (χ0) is 39.2. The Kier molecular flexibility index (Phi) is 35.2. The number of carbonyl (C=O) groups is 2. The van der Waals surface area contributed by atoms with Crippen LogP contribution in [0.3, 0.4) is 0 Å². The van der Waals surface area contributed by atoms with Crippen LogP contribution >= 0.6 is 0 Å². The van der Waals surface area contributed by atoms with E-state index >= 15 is 0 Å². The molecule has 0 saturated heterocycles. The maximum Gasteiger partial charge on any atom is 0.338 e. The van der Waals surface area contributed by atoms with Gasteiger partial charge < -0.3 is 19.3 Å². The summed E-state index contributed by atoms with van der Waals surface area (Å²) in [6.07, 6.45) is 40.2. The highest BCUT2D eigenvalue weighted by atomic mass is 16.5. The summed E-state index contributed by atoms with van der Waals surface area (Å²) in [6.45, 7) is 9.32. The van der Waals surface area contributed by atoms with E-state index in [1.165, 1.54) is 180 Å². The highest BCUT2D eigenvalue weighted by Crippen LogP contribution is 2.15. The number of benzene rings is 1. The summed E-state index contributed by atoms with van der Waals surface area (Å²) >= 11 is 0. The lowest BCUT2D eigenvalue weighted by atomic mass is 10.0. The van der Waals surface area contributed by atoms with Crippen molar-refractivity contribution in [2.75, 3.05) is 53.5 Å². The maximum absolute atomic E-state index is 12.7. The molecule has 0 fully saturated rings. The molecule has 0 atom stereocenters. The minimum absolute atomic E-state index is 0.378. The molecule has 0 spiro atoms. The Morgan fingerprint density at radius 3 is 0.963 bits per heavy atom. The molecule has 1 rings (SSSR count). The lowest BCUT2D eigenvalue weighted by molar-refractivity contribution is 0.0489. The summed E-state index contributed by atoms with van der Waals surface area (Å²) in [5.74, 6) is -0.770. The van der Waals surface area contributed by atoms with Gasteiger partial charge in [0.15, 0.2) is 0 Å². The number of hydrogen-bond acceptors (Lipinski definition) is 6. The van der Waals surface area contributed by atoms with Crippen LogP contribution in [-0.4, -0.2) is 75.2 Å². The van der Waals surface area contributed by atoms with Gasteiger partial charge >= 0.3 is 11.9 Å². The van der Waals surface area contributed by atoms with Gasteiger partial charge in [0.2, 0.25) is 0 Å². The van der Waals surface area contributed by atoms with Crippen LogP contribution < -0.4 is 0 Å². The van der Waals surface area contributed by atoms with E-state index in [0.717, 1.165) is 39.0 Å². The van der Waals surface area contributed by atoms with Crippen LogP contribution in [0, 0.1) is 0 Å². The van der Waals surface area contributed by atoms with Gasteiger partial charge in [-0.25, -0.2) is 9.59 Å². The molecule has 0 radical (unpaired) electrons. The van der Waals surface area contributed by atoms with Crippen molar-refractivity contribution >= 4 is 11.9 Å². The second-order valence-corrected chi connectivity index (χ2v) is 16.4. The van der Waals surface area contributed by atoms with Crippen molar-refractivity contribution in [2.45, 2.75) is 206 Å². The first-order valence-electron chi connectivity index (χ1n) is 23.3. The van der Waals surface area contributed by atoms with E-state index in [-0.39, 0.29) is 11.9 Å². The first kappa shape index (κ1) is 50.1. The molecule has 1 aromatic rings. The molecular formula is C48H88N2O4. The molecule has 314 valence electrons. The predicted molar refractivity (Wildman–Crippen MR) is 232 cm³/mol. The average molecular weight is 757 g/mol. The normalized spacial score (nSPS) is 11.5. The summed E-state index contributed by atoms with van der Waals surface area (Å²) in [4.78, 5) is 30.0. The molecule has 6 nitrogen and oxygen atoms in total. The fourth-order valence-electron chi connectivity index (χ4n) is 7.31. The lowest BCUT2D eigenvalue weighted by Crippen LogP contribution is -2.22. The Balaban J connectivity index is 2.01. The van der Waals surface area contributed by atoms with Crippen molar-refractivity contribution in [3.63, 3.8) is 0 Å². The van der Waals surface area contributed by atoms with Crippen LogP contribution in [0.1, 0.15) is 227 Å². The molecule has 0 heterocycles. The maximum atomic E-state index is 12.7. The molecule has 1 aromatic carbocycles. The zero-order valence-corrected chi connectivity index (χ0v) is 36.3. The highest BCUT2D eigenvalue weighted by Gasteiger charge is 2.13. The van der Waals surface area contributed by atoms with Gasteiger partial charge in [0.25, 0.3) is 0 Å². The number of rotatable bonds is 40. The van der Waals surface area contributed by atoms with Gasteiger partial charge in [0.1, 0.15) is 0 Å². The molecule has 0 amide bonds. The Labute approximate surface area is 335 Å². The fraction of sp³-hybridized carbons (Fsp3) is 0.833. The van der Waals surface area contributed by atoms with Crippen LogP contribution in [-0.2, 0) is 9.47 Å². The quantitative estimate of drug-likeness (QED) is 0.0491. The van der Waals surface area contributed by atoms with Crippen LogP contribution in [0.2, 0.25) is 0 Å². The van der Waals surface area contributed by atoms with Crippen molar-refractivity contribution in [2.24, 2.45) is 0 Å². The summed E-state index contributed by atoms with van der Waals surface area (Å²) in [5.41, 5.74) is 0.793. The molecule has 0 saturated carbocycles. The predicted octanol–water partition coefficient (Wildman–Crippen LogP) is 13.6. The van der Waals surface area contributed by atoms with Gasteiger partial charge in [-0.2, -0.15) is 0 Å². The molecule has 54 heavy (non-hydrogen) atoms. The Morgan fingerprint density at radius 2 is 0.667 bits per heavy atom. The van der Waals surface area contributed by atoms with Crippen molar-refractivity contribution in [3.8, 4) is 0 Å². The number of carbonyl (C=O) groups excluding carboxylic acids is 2. The van der Waals surface area contributed by atoms with Crippen LogP contribution in [0.5, 0.6) is 0 Å². The van der Waals surface area contributed by atoms with Gasteiger partial charge in [-0.05, 0) is 71.1 Å². The van der Waals surface area contributed by atoms with Gasteiger partial charge in [-0.15, -0.1) is 0 Å². The third-order valence-corrected chi connectivity index (χ3v) is 11.0. The molecular weight excluding hydrogens is 669 g/mol. The molecule has 6 heteroatoms. The smallest absolute Gasteiger partial charge is 0.338 e. The van der Waals surface area contributed by atoms with E-state index in [4.69, 9.17) is 9.47 Å². The van der Waals surface area contributed by atoms with E-state index in [2.05, 4.69) is 37.7 Å². The van der Waals surface area contributed by atoms with Gasteiger partial charge in [0, 0.05) is 13.1 Å². The number of unbranched alkanes of at least 4 members (excludes halogenated alkanes) is 26. The average Bonchev–Trinajstić information content (AvgIpc) is 3.18. The molecule has 0 N–H and O–H groups in total. The summed E-state index contributed by atoms with van der Waals surface area (Å²) in [6, 6.07) is 6.72. The van der Waals surface area contributed by atoms with Crippen molar-refractivity contribution < 1.29 is 19.1 Å². The third kappa shape index (κ3) is 31.3. The molecule has 0 aliphatic heterocycles. The van der Waals surface area contributed by atoms with Gasteiger partial charge in [0.05, 0.1) is 24.3 Å². The fourth-order valence-corrected chi connectivity index (χ4v) is 7.31. The topological polar surface area (TPSA) is 59.1 Å². The number of nitrogens with zero attached hydrogens (tertiary/aromatic N) is 2. The van der Waals surface area contributed by atoms with Crippen LogP contribution in [0.15, 0.2) is 24.3 Å². The van der Waals surface area contributed by atoms with Crippen molar-refractivity contribution in [3.05, 3.63) is 35.4 Å². The van der Waals surface area contributed by atoms with Gasteiger partial charge in [-0.3, -0.25) is 0 Å². The molecule has 0 aliphatic rings. The van der Waals surface area contributed by atoms with Crippen molar-refractivity contribution in [1.29, 1.82) is 0 Å². The summed E-state index contributed by atoms with van der Waals surface area (Å²) < 4.78 is 11.1. The minimum atomic E-state index is -0.385. The highest BCUT2D eigenvalue weighted by molar-refractivity contribution is 5.95. The Bertz CT molecular complexity index is 912. The molecule has 0 bridgehead atoms. The number of esters is 2. The van der Waals surface area contributed by atoms with E-state index in [9.17, 15) is 9.59 Å². The molecule has 0 aliphatic carbocycles. The SMILES string of the molecule is CCCCCCCCCCCCCCCCN(C)CCCOC(=O)c1cccc(C(=O)OCCCN(C)CCCCCCCCCCCCCCCC)c1. The molecule has 0 aromatic heterocycles. The Hall–Kier alpha value is -1.92. The summed E-state index contributed by atoms with van der Waals surface area (Å²) in [7, 11) is 4.30. The first-order chi connectivity index (χ1) is 26.5. The largest absolute Gasteiger partial charge is 0.462 e. The summed E-state index contributed by atoms with van der Waals surface area (Å²) in [5, 5.41) is 0. The second-order valence-electron chi connectivity index (χ2n) is 16.4. The first-order valence-corrected chi connectivity index (χ1v) is 23.3. The number of ether oxygens (including phenoxy) is 2. The zero-order valence-electron chi connectivity index (χ0n) is 36.3. The van der Waals surface area contributed by atoms with Gasteiger partial charge in [-0.1, -0.05) is 187 Å². The number of hydrogen-bond donors (Lipinski definition) is 0. The third-order valence-electron chi connectivity index (χ3n) is 11.0. The Morgan fingerprint density at radius 1 is 0.407 bits per heavy atom. The second kappa shape index (κ2) is 38.0. The van der Waals surface area contributed by atoms with Crippen LogP contribution in [0.4, 0.5) is 0 Å². The monoisotopic (exact) mass is 757 g/mol. The standard InChI is InChI=1S/C48H88N2O4/c1-5-7-9-11-13-15-17-19-21-23-25-27-29-31-38-49(3)40-34-42-53-47(51)45-36-33-37-46(44-45)48(52)54-43-35-41-50(4)39-32-30-28-26-24-22-20-18-16-14-12-10-8-6-2/h33,36-37,44H,5-32,34-35,38-43H2,1-4H3. The van der Waals surface area contributed by atoms with E-state index in [1.807, 2.05) is 0 Å². The molecule has 0 unspecified atom stereocenters. The van der Waals surface area contributed by atoms with E-state index < -0.39 is 0 Å². The van der Waals surface area contributed by atoms with E-state index in [0.29, 0.717) is 24.3 Å². The lowest BCUT2D eigenvalue weighted by Gasteiger charge is -2.16. The van der Waals surface area contributed by atoms with Crippen LogP contribution in [0.25, 0.3) is 0 Å². The minimum Gasteiger partial charge on any atom is -0.462 e.